The topological polar surface area (TPSA) is 159 Å². The van der Waals surface area contributed by atoms with Gasteiger partial charge in [0.1, 0.15) is 6.10 Å². The molecule has 0 unspecified atom stereocenters. The third-order valence-electron chi connectivity index (χ3n) is 7.07. The van der Waals surface area contributed by atoms with Gasteiger partial charge in [0.05, 0.1) is 33.3 Å². The number of fused-ring (bicyclic) bond motifs is 1. The SMILES string of the molecule is COc1cc(CCC[C@@H](C(=O)N[C@H](C(=O)c2c[nH]c3ccccc23)C(C)(C)C)[C@H](O)C(=O)NO)cc(OC)c1OC. The average molecular weight is 570 g/mol. The Balaban J connectivity index is 1.84. The van der Waals surface area contributed by atoms with Crippen molar-refractivity contribution in [3.05, 3.63) is 53.7 Å². The summed E-state index contributed by atoms with van der Waals surface area (Å²) >= 11 is 0. The van der Waals surface area contributed by atoms with Crippen molar-refractivity contribution in [3.8, 4) is 17.2 Å². The smallest absolute Gasteiger partial charge is 0.272 e. The summed E-state index contributed by atoms with van der Waals surface area (Å²) in [6.45, 7) is 5.46. The minimum atomic E-state index is -1.84. The number of amides is 2. The van der Waals surface area contributed by atoms with Gasteiger partial charge >= 0.3 is 0 Å². The van der Waals surface area contributed by atoms with E-state index in [0.29, 0.717) is 35.7 Å². The molecule has 0 spiro atoms. The molecule has 0 bridgehead atoms. The molecule has 0 aliphatic heterocycles. The highest BCUT2D eigenvalue weighted by atomic mass is 16.5. The van der Waals surface area contributed by atoms with Crippen LogP contribution in [0.25, 0.3) is 10.9 Å². The number of hydrogen-bond acceptors (Lipinski definition) is 8. The number of ketones is 1. The van der Waals surface area contributed by atoms with Gasteiger partial charge in [-0.15, -0.1) is 0 Å². The van der Waals surface area contributed by atoms with Crippen LogP contribution in [0.4, 0.5) is 0 Å². The molecule has 2 aromatic carbocycles. The first-order chi connectivity index (χ1) is 19.5. The molecule has 0 saturated carbocycles. The van der Waals surface area contributed by atoms with Crippen molar-refractivity contribution in [2.45, 2.75) is 52.2 Å². The molecular formula is C30H39N3O8. The monoisotopic (exact) mass is 569 g/mol. The number of hydrogen-bond donors (Lipinski definition) is 5. The first kappa shape index (κ1) is 31.4. The second kappa shape index (κ2) is 13.5. The molecule has 0 saturated heterocycles. The Morgan fingerprint density at radius 3 is 2.17 bits per heavy atom. The molecule has 41 heavy (non-hydrogen) atoms. The highest BCUT2D eigenvalue weighted by Gasteiger charge is 2.38. The van der Waals surface area contributed by atoms with Crippen LogP contribution >= 0.6 is 0 Å². The van der Waals surface area contributed by atoms with E-state index in [9.17, 15) is 19.5 Å². The van der Waals surface area contributed by atoms with Crippen molar-refractivity contribution in [3.63, 3.8) is 0 Å². The molecule has 0 fully saturated rings. The molecule has 0 aliphatic carbocycles. The lowest BCUT2D eigenvalue weighted by Crippen LogP contribution is -2.53. The standard InChI is InChI=1S/C30H39N3O8/c1-30(2,3)27(24(34)20-16-31-21-13-8-7-11-18(20)21)32-28(36)19(25(35)29(37)33-38)12-9-10-17-14-22(39-4)26(41-6)23(15-17)40-5/h7-8,11,13-16,19,25,27,31,35,38H,9-10,12H2,1-6H3,(H,32,36)(H,33,37)/t19-,25+,27-/m1/s1. The van der Waals surface area contributed by atoms with Crippen LogP contribution in [-0.4, -0.2) is 66.4 Å². The number of H-pyrrole nitrogens is 1. The third kappa shape index (κ3) is 7.17. The van der Waals surface area contributed by atoms with E-state index in [4.69, 9.17) is 19.4 Å². The van der Waals surface area contributed by atoms with Crippen LogP contribution in [0.5, 0.6) is 17.2 Å². The fraction of sp³-hybridized carbons (Fsp3) is 0.433. The molecule has 2 amide bonds. The summed E-state index contributed by atoms with van der Waals surface area (Å²) in [6.07, 6.45) is 0.674. The Bertz CT molecular complexity index is 1350. The number of benzene rings is 2. The van der Waals surface area contributed by atoms with Crippen molar-refractivity contribution >= 4 is 28.5 Å². The quantitative estimate of drug-likeness (QED) is 0.119. The molecular weight excluding hydrogens is 530 g/mol. The molecule has 3 aromatic rings. The van der Waals surface area contributed by atoms with Gasteiger partial charge in [0.15, 0.2) is 17.3 Å². The second-order valence-corrected chi connectivity index (χ2v) is 10.9. The van der Waals surface area contributed by atoms with Gasteiger partial charge in [-0.2, -0.15) is 0 Å². The summed E-state index contributed by atoms with van der Waals surface area (Å²) in [7, 11) is 4.52. The van der Waals surface area contributed by atoms with Crippen molar-refractivity contribution < 1.29 is 38.9 Å². The van der Waals surface area contributed by atoms with Crippen molar-refractivity contribution in [2.75, 3.05) is 21.3 Å². The van der Waals surface area contributed by atoms with Crippen LogP contribution in [0.1, 0.15) is 49.5 Å². The molecule has 11 nitrogen and oxygen atoms in total. The number of aliphatic hydroxyl groups excluding tert-OH is 1. The average Bonchev–Trinajstić information content (AvgIpc) is 3.40. The lowest BCUT2D eigenvalue weighted by Gasteiger charge is -2.32. The number of methoxy groups -OCH3 is 3. The summed E-state index contributed by atoms with van der Waals surface area (Å²) in [5.74, 6) is -1.96. The Morgan fingerprint density at radius 2 is 1.61 bits per heavy atom. The summed E-state index contributed by atoms with van der Waals surface area (Å²) in [6, 6.07) is 9.95. The first-order valence-electron chi connectivity index (χ1n) is 13.3. The van der Waals surface area contributed by atoms with Gasteiger partial charge in [-0.1, -0.05) is 39.0 Å². The van der Waals surface area contributed by atoms with Crippen LogP contribution in [0.2, 0.25) is 0 Å². The molecule has 1 heterocycles. The van der Waals surface area contributed by atoms with Gasteiger partial charge in [0.2, 0.25) is 11.7 Å². The Hall–Kier alpha value is -4.09. The van der Waals surface area contributed by atoms with Gasteiger partial charge in [-0.3, -0.25) is 19.6 Å². The van der Waals surface area contributed by atoms with Gasteiger partial charge in [0, 0.05) is 22.7 Å². The number of aromatic nitrogens is 1. The van der Waals surface area contributed by atoms with E-state index in [1.165, 1.54) is 26.8 Å². The van der Waals surface area contributed by atoms with Crippen LogP contribution in [-0.2, 0) is 16.0 Å². The number of ether oxygens (including phenoxy) is 3. The van der Waals surface area contributed by atoms with E-state index in [2.05, 4.69) is 10.3 Å². The normalized spacial score (nSPS) is 13.7. The van der Waals surface area contributed by atoms with E-state index in [0.717, 1.165) is 16.5 Å². The molecule has 11 heteroatoms. The number of carbonyl (C=O) groups excluding carboxylic acids is 3. The van der Waals surface area contributed by atoms with E-state index < -0.39 is 35.3 Å². The molecule has 1 aromatic heterocycles. The maximum absolute atomic E-state index is 13.7. The van der Waals surface area contributed by atoms with Gasteiger partial charge < -0.3 is 29.6 Å². The second-order valence-electron chi connectivity index (χ2n) is 10.9. The van der Waals surface area contributed by atoms with Crippen molar-refractivity contribution in [1.29, 1.82) is 0 Å². The minimum absolute atomic E-state index is 0.0786. The van der Waals surface area contributed by atoms with Gasteiger partial charge in [-0.05, 0) is 48.4 Å². The lowest BCUT2D eigenvalue weighted by molar-refractivity contribution is -0.146. The van der Waals surface area contributed by atoms with Crippen LogP contribution in [0.15, 0.2) is 42.6 Å². The van der Waals surface area contributed by atoms with Gasteiger partial charge in [0.25, 0.3) is 5.91 Å². The van der Waals surface area contributed by atoms with Crippen LogP contribution < -0.4 is 25.0 Å². The number of aryl methyl sites for hydroxylation is 1. The number of nitrogens with one attached hydrogen (secondary N) is 3. The maximum atomic E-state index is 13.7. The number of hydroxylamine groups is 1. The van der Waals surface area contributed by atoms with E-state index in [1.807, 2.05) is 45.0 Å². The number of para-hydroxylation sites is 1. The summed E-state index contributed by atoms with van der Waals surface area (Å²) in [5, 5.41) is 23.3. The van der Waals surface area contributed by atoms with E-state index in [1.54, 1.807) is 18.3 Å². The lowest BCUT2D eigenvalue weighted by atomic mass is 9.81. The largest absolute Gasteiger partial charge is 0.493 e. The van der Waals surface area contributed by atoms with Crippen LogP contribution in [0.3, 0.4) is 0 Å². The van der Waals surface area contributed by atoms with Crippen molar-refractivity contribution in [2.24, 2.45) is 11.3 Å². The Labute approximate surface area is 239 Å². The summed E-state index contributed by atoms with van der Waals surface area (Å²) < 4.78 is 16.2. The number of carbonyl (C=O) groups is 3. The minimum Gasteiger partial charge on any atom is -0.493 e. The van der Waals surface area contributed by atoms with Crippen LogP contribution in [0, 0.1) is 11.3 Å². The van der Waals surface area contributed by atoms with Crippen molar-refractivity contribution in [1.82, 2.24) is 15.8 Å². The summed E-state index contributed by atoms with van der Waals surface area (Å²) in [4.78, 5) is 42.5. The predicted molar refractivity (Wildman–Crippen MR) is 152 cm³/mol. The highest BCUT2D eigenvalue weighted by molar-refractivity contribution is 6.11. The first-order valence-corrected chi connectivity index (χ1v) is 13.3. The highest BCUT2D eigenvalue weighted by Crippen LogP contribution is 2.38. The Kier molecular flexibility index (Phi) is 10.4. The van der Waals surface area contributed by atoms with E-state index in [-0.39, 0.29) is 12.2 Å². The third-order valence-corrected chi connectivity index (χ3v) is 7.07. The molecule has 0 aliphatic rings. The molecule has 5 N–H and O–H groups in total. The molecule has 3 atom stereocenters. The van der Waals surface area contributed by atoms with E-state index >= 15 is 0 Å². The number of aromatic amines is 1. The number of Topliss-reactive ketones (excluding diaryl/α,β-unsaturated/α-hetero) is 1. The fourth-order valence-electron chi connectivity index (χ4n) is 4.84. The van der Waals surface area contributed by atoms with Gasteiger partial charge in [-0.25, -0.2) is 5.48 Å². The zero-order valence-electron chi connectivity index (χ0n) is 24.2. The number of aliphatic hydroxyl groups is 1. The zero-order chi connectivity index (χ0) is 30.3. The number of rotatable bonds is 13. The molecule has 3 rings (SSSR count). The molecule has 222 valence electrons. The molecule has 0 radical (unpaired) electrons. The predicted octanol–water partition coefficient (Wildman–Crippen LogP) is 3.41. The summed E-state index contributed by atoms with van der Waals surface area (Å²) in [5.41, 5.74) is 2.75. The fourth-order valence-corrected chi connectivity index (χ4v) is 4.84. The Morgan fingerprint density at radius 1 is 0.976 bits per heavy atom. The maximum Gasteiger partial charge on any atom is 0.272 e. The zero-order valence-corrected chi connectivity index (χ0v) is 24.2.